The average Bonchev–Trinajstić information content (AvgIpc) is 2.36. The molecule has 0 amide bonds. The molecule has 0 aliphatic rings. The zero-order valence-electron chi connectivity index (χ0n) is 11.8. The maximum atomic E-state index is 6.22. The number of nitrogens with two attached hydrogens (primary N) is 1. The SMILES string of the molecule is Cc1cc(C)cc(N(C)c2ccc(C(N)=S)c(Cl)c2)c1. The summed E-state index contributed by atoms with van der Waals surface area (Å²) in [4.78, 5) is 2.41. The van der Waals surface area contributed by atoms with Gasteiger partial charge in [0.25, 0.3) is 0 Å². The number of aryl methyl sites for hydroxylation is 2. The van der Waals surface area contributed by atoms with Crippen molar-refractivity contribution in [3.63, 3.8) is 0 Å². The number of halogens is 1. The van der Waals surface area contributed by atoms with Crippen LogP contribution in [0.2, 0.25) is 5.02 Å². The molecule has 0 atom stereocenters. The average molecular weight is 305 g/mol. The standard InChI is InChI=1S/C16H17ClN2S/c1-10-6-11(2)8-13(7-10)19(3)12-4-5-14(16(18)20)15(17)9-12/h4-9H,1-3H3,(H2,18,20). The minimum atomic E-state index is 0.315. The summed E-state index contributed by atoms with van der Waals surface area (Å²) in [6, 6.07) is 12.1. The molecule has 2 aromatic carbocycles. The molecule has 0 unspecified atom stereocenters. The van der Waals surface area contributed by atoms with Gasteiger partial charge in [-0.25, -0.2) is 0 Å². The number of hydrogen-bond acceptors (Lipinski definition) is 2. The summed E-state index contributed by atoms with van der Waals surface area (Å²) in [5.74, 6) is 0. The molecule has 0 bridgehead atoms. The van der Waals surface area contributed by atoms with E-state index in [2.05, 4.69) is 36.9 Å². The van der Waals surface area contributed by atoms with Crippen LogP contribution < -0.4 is 10.6 Å². The summed E-state index contributed by atoms with van der Waals surface area (Å²) in [5.41, 5.74) is 10.9. The first-order chi connectivity index (χ1) is 9.38. The lowest BCUT2D eigenvalue weighted by Crippen LogP contribution is -2.13. The fourth-order valence-corrected chi connectivity index (χ4v) is 2.72. The second-order valence-corrected chi connectivity index (χ2v) is 5.78. The Bertz CT molecular complexity index is 647. The van der Waals surface area contributed by atoms with Crippen LogP contribution in [0.25, 0.3) is 0 Å². The molecule has 0 spiro atoms. The van der Waals surface area contributed by atoms with Gasteiger partial charge in [0.1, 0.15) is 4.99 Å². The normalized spacial score (nSPS) is 10.4. The van der Waals surface area contributed by atoms with Crippen molar-refractivity contribution in [3.8, 4) is 0 Å². The molecular formula is C16H17ClN2S. The Morgan fingerprint density at radius 3 is 2.15 bits per heavy atom. The van der Waals surface area contributed by atoms with Crippen molar-refractivity contribution in [2.75, 3.05) is 11.9 Å². The Morgan fingerprint density at radius 2 is 1.65 bits per heavy atom. The molecule has 0 saturated heterocycles. The summed E-state index contributed by atoms with van der Waals surface area (Å²) < 4.78 is 0. The lowest BCUT2D eigenvalue weighted by atomic mass is 10.1. The van der Waals surface area contributed by atoms with Crippen LogP contribution >= 0.6 is 23.8 Å². The van der Waals surface area contributed by atoms with Gasteiger partial charge >= 0.3 is 0 Å². The smallest absolute Gasteiger partial charge is 0.105 e. The highest BCUT2D eigenvalue weighted by molar-refractivity contribution is 7.80. The highest BCUT2D eigenvalue weighted by Crippen LogP contribution is 2.29. The van der Waals surface area contributed by atoms with E-state index >= 15 is 0 Å². The van der Waals surface area contributed by atoms with Crippen LogP contribution in [-0.2, 0) is 0 Å². The summed E-state index contributed by atoms with van der Waals surface area (Å²) in [6.45, 7) is 4.18. The first-order valence-electron chi connectivity index (χ1n) is 6.30. The largest absolute Gasteiger partial charge is 0.389 e. The van der Waals surface area contributed by atoms with Crippen LogP contribution in [-0.4, -0.2) is 12.0 Å². The number of rotatable bonds is 3. The zero-order chi connectivity index (χ0) is 14.9. The maximum Gasteiger partial charge on any atom is 0.105 e. The first kappa shape index (κ1) is 14.8. The molecule has 0 aliphatic carbocycles. The maximum absolute atomic E-state index is 6.22. The minimum absolute atomic E-state index is 0.315. The molecule has 2 aromatic rings. The fraction of sp³-hybridized carbons (Fsp3) is 0.188. The fourth-order valence-electron chi connectivity index (χ4n) is 2.21. The van der Waals surface area contributed by atoms with E-state index in [9.17, 15) is 0 Å². The Hall–Kier alpha value is -1.58. The van der Waals surface area contributed by atoms with Gasteiger partial charge in [-0.15, -0.1) is 0 Å². The molecule has 4 heteroatoms. The predicted molar refractivity (Wildman–Crippen MR) is 91.3 cm³/mol. The summed E-state index contributed by atoms with van der Waals surface area (Å²) in [7, 11) is 2.01. The molecule has 0 radical (unpaired) electrons. The third kappa shape index (κ3) is 3.11. The van der Waals surface area contributed by atoms with E-state index in [0.29, 0.717) is 15.6 Å². The van der Waals surface area contributed by atoms with E-state index in [-0.39, 0.29) is 0 Å². The Balaban J connectivity index is 2.40. The van der Waals surface area contributed by atoms with Gasteiger partial charge in [0.15, 0.2) is 0 Å². The number of anilines is 2. The highest BCUT2D eigenvalue weighted by atomic mass is 35.5. The van der Waals surface area contributed by atoms with E-state index in [1.54, 1.807) is 0 Å². The number of thiocarbonyl (C=S) groups is 1. The molecule has 0 aliphatic heterocycles. The van der Waals surface area contributed by atoms with Crippen LogP contribution in [0.3, 0.4) is 0 Å². The molecule has 2 N–H and O–H groups in total. The monoisotopic (exact) mass is 304 g/mol. The Kier molecular flexibility index (Phi) is 4.31. The van der Waals surface area contributed by atoms with Crippen molar-refractivity contribution in [1.82, 2.24) is 0 Å². The third-order valence-corrected chi connectivity index (χ3v) is 3.73. The number of nitrogens with zero attached hydrogens (tertiary/aromatic N) is 1. The second kappa shape index (κ2) is 5.81. The van der Waals surface area contributed by atoms with E-state index < -0.39 is 0 Å². The summed E-state index contributed by atoms with van der Waals surface area (Å²) in [6.07, 6.45) is 0. The van der Waals surface area contributed by atoms with Crippen LogP contribution in [0.1, 0.15) is 16.7 Å². The van der Waals surface area contributed by atoms with Crippen molar-refractivity contribution in [2.45, 2.75) is 13.8 Å². The molecule has 0 saturated carbocycles. The Labute approximate surface area is 130 Å². The molecule has 0 aromatic heterocycles. The molecule has 2 nitrogen and oxygen atoms in total. The quantitative estimate of drug-likeness (QED) is 0.854. The molecular weight excluding hydrogens is 288 g/mol. The highest BCUT2D eigenvalue weighted by Gasteiger charge is 2.09. The van der Waals surface area contributed by atoms with E-state index in [1.165, 1.54) is 11.1 Å². The summed E-state index contributed by atoms with van der Waals surface area (Å²) >= 11 is 11.2. The van der Waals surface area contributed by atoms with Crippen LogP contribution in [0, 0.1) is 13.8 Å². The van der Waals surface area contributed by atoms with E-state index in [1.807, 2.05) is 25.2 Å². The van der Waals surface area contributed by atoms with Gasteiger partial charge in [0, 0.05) is 24.0 Å². The first-order valence-corrected chi connectivity index (χ1v) is 7.08. The second-order valence-electron chi connectivity index (χ2n) is 4.93. The van der Waals surface area contributed by atoms with Crippen molar-refractivity contribution in [2.24, 2.45) is 5.73 Å². The van der Waals surface area contributed by atoms with Gasteiger partial charge in [-0.05, 0) is 55.3 Å². The van der Waals surface area contributed by atoms with Gasteiger partial charge < -0.3 is 10.6 Å². The van der Waals surface area contributed by atoms with Crippen molar-refractivity contribution < 1.29 is 0 Å². The minimum Gasteiger partial charge on any atom is -0.389 e. The third-order valence-electron chi connectivity index (χ3n) is 3.20. The van der Waals surface area contributed by atoms with Gasteiger partial charge in [0.05, 0.1) is 5.02 Å². The predicted octanol–water partition coefficient (Wildman–Crippen LogP) is 4.36. The molecule has 2 rings (SSSR count). The van der Waals surface area contributed by atoms with Gasteiger partial charge in [0.2, 0.25) is 0 Å². The van der Waals surface area contributed by atoms with Crippen LogP contribution in [0.5, 0.6) is 0 Å². The lowest BCUT2D eigenvalue weighted by molar-refractivity contribution is 1.19. The van der Waals surface area contributed by atoms with Crippen LogP contribution in [0.15, 0.2) is 36.4 Å². The molecule has 20 heavy (non-hydrogen) atoms. The molecule has 0 fully saturated rings. The zero-order valence-corrected chi connectivity index (χ0v) is 13.3. The molecule has 104 valence electrons. The summed E-state index contributed by atoms with van der Waals surface area (Å²) in [5, 5.41) is 0.575. The van der Waals surface area contributed by atoms with E-state index in [4.69, 9.17) is 29.6 Å². The lowest BCUT2D eigenvalue weighted by Gasteiger charge is -2.21. The van der Waals surface area contributed by atoms with Gasteiger partial charge in [-0.2, -0.15) is 0 Å². The van der Waals surface area contributed by atoms with Gasteiger partial charge in [-0.1, -0.05) is 29.9 Å². The van der Waals surface area contributed by atoms with Crippen molar-refractivity contribution in [1.29, 1.82) is 0 Å². The van der Waals surface area contributed by atoms with Crippen molar-refractivity contribution in [3.05, 3.63) is 58.1 Å². The van der Waals surface area contributed by atoms with Crippen molar-refractivity contribution >= 4 is 40.2 Å². The molecule has 0 heterocycles. The number of benzene rings is 2. The Morgan fingerprint density at radius 1 is 1.05 bits per heavy atom. The topological polar surface area (TPSA) is 29.3 Å². The number of hydrogen-bond donors (Lipinski definition) is 1. The van der Waals surface area contributed by atoms with Crippen LogP contribution in [0.4, 0.5) is 11.4 Å². The van der Waals surface area contributed by atoms with Gasteiger partial charge in [-0.3, -0.25) is 0 Å². The van der Waals surface area contributed by atoms with E-state index in [0.717, 1.165) is 11.4 Å².